The summed E-state index contributed by atoms with van der Waals surface area (Å²) in [5.74, 6) is 0. The molecule has 0 radical (unpaired) electrons. The lowest BCUT2D eigenvalue weighted by atomic mass is 10.0. The van der Waals surface area contributed by atoms with Crippen LogP contribution in [0.25, 0.3) is 0 Å². The van der Waals surface area contributed by atoms with Crippen molar-refractivity contribution in [2.24, 2.45) is 0 Å². The predicted molar refractivity (Wildman–Crippen MR) is 70.5 cm³/mol. The van der Waals surface area contributed by atoms with Crippen LogP contribution in [0.3, 0.4) is 0 Å². The summed E-state index contributed by atoms with van der Waals surface area (Å²) in [6, 6.07) is 8.76. The largest absolute Gasteiger partial charge is 0.0895 e. The summed E-state index contributed by atoms with van der Waals surface area (Å²) in [7, 11) is 0. The summed E-state index contributed by atoms with van der Waals surface area (Å²) < 4.78 is 0. The van der Waals surface area contributed by atoms with E-state index in [4.69, 9.17) is 0 Å². The highest BCUT2D eigenvalue weighted by molar-refractivity contribution is 8.03. The average Bonchev–Trinajstić information content (AvgIpc) is 2.61. The van der Waals surface area contributed by atoms with Gasteiger partial charge in [0.1, 0.15) is 0 Å². The van der Waals surface area contributed by atoms with Crippen LogP contribution >= 0.6 is 11.8 Å². The molecule has 0 saturated heterocycles. The van der Waals surface area contributed by atoms with E-state index in [1.807, 2.05) is 11.8 Å². The van der Waals surface area contributed by atoms with Gasteiger partial charge in [0, 0.05) is 9.80 Å². The lowest BCUT2D eigenvalue weighted by molar-refractivity contribution is 0.945. The van der Waals surface area contributed by atoms with Gasteiger partial charge < -0.3 is 0 Å². The molecule has 0 spiro atoms. The van der Waals surface area contributed by atoms with E-state index in [1.165, 1.54) is 33.8 Å². The number of aryl methyl sites for hydroxylation is 1. The van der Waals surface area contributed by atoms with Gasteiger partial charge in [0.2, 0.25) is 0 Å². The van der Waals surface area contributed by atoms with E-state index in [9.17, 15) is 0 Å². The predicted octanol–water partition coefficient (Wildman–Crippen LogP) is 4.50. The molecule has 1 aliphatic heterocycles. The standard InChI is InChI=1S/C15H14S/c1-2-6-12-10-11-13-7-4-5-9-15(13)16-14(12)8-3-1/h2-9H,1,10-11H2. The highest BCUT2D eigenvalue weighted by atomic mass is 32.2. The molecule has 80 valence electrons. The maximum Gasteiger partial charge on any atom is 0.0154 e. The second kappa shape index (κ2) is 4.34. The molecule has 0 saturated carbocycles. The van der Waals surface area contributed by atoms with Gasteiger partial charge in [0.15, 0.2) is 0 Å². The van der Waals surface area contributed by atoms with Crippen molar-refractivity contribution in [2.75, 3.05) is 0 Å². The zero-order valence-electron chi connectivity index (χ0n) is 9.15. The highest BCUT2D eigenvalue weighted by Gasteiger charge is 2.13. The Balaban J connectivity index is 2.03. The first-order valence-electron chi connectivity index (χ1n) is 5.75. The molecule has 0 bridgehead atoms. The third kappa shape index (κ3) is 1.88. The molecule has 0 unspecified atom stereocenters. The normalized spacial score (nSPS) is 18.8. The molecule has 2 aliphatic rings. The number of allylic oxidation sites excluding steroid dienone is 5. The fourth-order valence-electron chi connectivity index (χ4n) is 2.16. The molecule has 0 atom stereocenters. The molecule has 3 rings (SSSR count). The van der Waals surface area contributed by atoms with Crippen molar-refractivity contribution in [1.29, 1.82) is 0 Å². The molecular formula is C15H14S. The van der Waals surface area contributed by atoms with Crippen LogP contribution in [0.4, 0.5) is 0 Å². The third-order valence-corrected chi connectivity index (χ3v) is 4.27. The van der Waals surface area contributed by atoms with E-state index in [-0.39, 0.29) is 0 Å². The van der Waals surface area contributed by atoms with Crippen LogP contribution in [0.1, 0.15) is 18.4 Å². The number of hydrogen-bond acceptors (Lipinski definition) is 1. The van der Waals surface area contributed by atoms with Gasteiger partial charge in [-0.3, -0.25) is 0 Å². The van der Waals surface area contributed by atoms with Crippen molar-refractivity contribution in [3.8, 4) is 0 Å². The van der Waals surface area contributed by atoms with E-state index in [0.29, 0.717) is 0 Å². The zero-order chi connectivity index (χ0) is 10.8. The van der Waals surface area contributed by atoms with Crippen LogP contribution in [0, 0.1) is 0 Å². The van der Waals surface area contributed by atoms with Crippen LogP contribution in [-0.4, -0.2) is 0 Å². The first kappa shape index (κ1) is 9.98. The number of benzene rings is 1. The monoisotopic (exact) mass is 226 g/mol. The van der Waals surface area contributed by atoms with Crippen LogP contribution in [0.15, 0.2) is 63.9 Å². The molecule has 0 aromatic heterocycles. The second-order valence-electron chi connectivity index (χ2n) is 4.14. The van der Waals surface area contributed by atoms with Crippen molar-refractivity contribution in [3.05, 3.63) is 64.6 Å². The van der Waals surface area contributed by atoms with Crippen molar-refractivity contribution in [3.63, 3.8) is 0 Å². The fraction of sp³-hybridized carbons (Fsp3) is 0.200. The van der Waals surface area contributed by atoms with Gasteiger partial charge in [-0.1, -0.05) is 54.3 Å². The first-order chi connectivity index (χ1) is 7.93. The van der Waals surface area contributed by atoms with E-state index in [2.05, 4.69) is 48.6 Å². The summed E-state index contributed by atoms with van der Waals surface area (Å²) in [5, 5.41) is 0. The Morgan fingerprint density at radius 2 is 1.81 bits per heavy atom. The molecule has 0 N–H and O–H groups in total. The van der Waals surface area contributed by atoms with Crippen molar-refractivity contribution < 1.29 is 0 Å². The van der Waals surface area contributed by atoms with Gasteiger partial charge in [-0.05, 0) is 36.5 Å². The Kier molecular flexibility index (Phi) is 2.71. The Labute approximate surface area is 101 Å². The summed E-state index contributed by atoms with van der Waals surface area (Å²) >= 11 is 1.92. The summed E-state index contributed by atoms with van der Waals surface area (Å²) in [6.07, 6.45) is 12.5. The fourth-order valence-corrected chi connectivity index (χ4v) is 3.31. The highest BCUT2D eigenvalue weighted by Crippen LogP contribution is 2.38. The quantitative estimate of drug-likeness (QED) is 0.628. The zero-order valence-corrected chi connectivity index (χ0v) is 9.96. The van der Waals surface area contributed by atoms with Gasteiger partial charge in [-0.15, -0.1) is 0 Å². The van der Waals surface area contributed by atoms with Crippen molar-refractivity contribution >= 4 is 11.8 Å². The third-order valence-electron chi connectivity index (χ3n) is 3.03. The average molecular weight is 226 g/mol. The minimum Gasteiger partial charge on any atom is -0.0895 e. The van der Waals surface area contributed by atoms with Crippen LogP contribution in [0.5, 0.6) is 0 Å². The van der Waals surface area contributed by atoms with Gasteiger partial charge >= 0.3 is 0 Å². The van der Waals surface area contributed by atoms with Crippen LogP contribution in [0.2, 0.25) is 0 Å². The second-order valence-corrected chi connectivity index (χ2v) is 5.22. The molecule has 1 heteroatoms. The molecule has 1 aliphatic carbocycles. The van der Waals surface area contributed by atoms with E-state index >= 15 is 0 Å². The number of fused-ring (bicyclic) bond motifs is 1. The molecule has 1 aromatic carbocycles. The molecule has 0 fully saturated rings. The molecule has 0 nitrogen and oxygen atoms in total. The lowest BCUT2D eigenvalue weighted by Crippen LogP contribution is -1.86. The molecule has 16 heavy (non-hydrogen) atoms. The van der Waals surface area contributed by atoms with Crippen molar-refractivity contribution in [1.82, 2.24) is 0 Å². The van der Waals surface area contributed by atoms with Gasteiger partial charge in [-0.25, -0.2) is 0 Å². The topological polar surface area (TPSA) is 0 Å². The SMILES string of the molecule is C1=CC2=C(C=CC1)Sc1ccccc1CC2. The van der Waals surface area contributed by atoms with Gasteiger partial charge in [0.05, 0.1) is 0 Å². The van der Waals surface area contributed by atoms with Gasteiger partial charge in [-0.2, -0.15) is 0 Å². The Morgan fingerprint density at radius 3 is 2.81 bits per heavy atom. The summed E-state index contributed by atoms with van der Waals surface area (Å²) in [6.45, 7) is 0. The summed E-state index contributed by atoms with van der Waals surface area (Å²) in [5.41, 5.74) is 2.98. The maximum atomic E-state index is 2.30. The molecule has 1 heterocycles. The van der Waals surface area contributed by atoms with Crippen LogP contribution in [-0.2, 0) is 6.42 Å². The first-order valence-corrected chi connectivity index (χ1v) is 6.57. The Bertz CT molecular complexity index is 492. The Hall–Kier alpha value is -1.21. The van der Waals surface area contributed by atoms with Crippen LogP contribution < -0.4 is 0 Å². The molecule has 1 aromatic rings. The smallest absolute Gasteiger partial charge is 0.0154 e. The minimum atomic E-state index is 1.06. The van der Waals surface area contributed by atoms with E-state index < -0.39 is 0 Å². The van der Waals surface area contributed by atoms with E-state index in [1.54, 1.807) is 0 Å². The minimum absolute atomic E-state index is 1.06. The van der Waals surface area contributed by atoms with Gasteiger partial charge in [0.25, 0.3) is 0 Å². The molecule has 0 amide bonds. The lowest BCUT2D eigenvalue weighted by Gasteiger charge is -2.04. The summed E-state index contributed by atoms with van der Waals surface area (Å²) in [4.78, 5) is 2.85. The maximum absolute atomic E-state index is 2.30. The Morgan fingerprint density at radius 1 is 0.938 bits per heavy atom. The van der Waals surface area contributed by atoms with Crippen molar-refractivity contribution in [2.45, 2.75) is 24.2 Å². The number of hydrogen-bond donors (Lipinski definition) is 0. The van der Waals surface area contributed by atoms with E-state index in [0.717, 1.165) is 6.42 Å². The number of rotatable bonds is 0. The molecular weight excluding hydrogens is 212 g/mol. The number of thioether (sulfide) groups is 1.